The topological polar surface area (TPSA) is 30.5 Å². The number of ether oxygens (including phenoxy) is 2. The Kier molecular flexibility index (Phi) is 4.00. The highest BCUT2D eigenvalue weighted by molar-refractivity contribution is 4.84. The molecule has 15 heavy (non-hydrogen) atoms. The van der Waals surface area contributed by atoms with Gasteiger partial charge in [-0.1, -0.05) is 0 Å². The van der Waals surface area contributed by atoms with Crippen LogP contribution in [-0.2, 0) is 9.47 Å². The Morgan fingerprint density at radius 2 is 2.13 bits per heavy atom. The summed E-state index contributed by atoms with van der Waals surface area (Å²) in [6.07, 6.45) is 6.00. The van der Waals surface area contributed by atoms with Gasteiger partial charge in [-0.15, -0.1) is 0 Å². The molecule has 0 aromatic heterocycles. The molecule has 1 N–H and O–H groups in total. The molecule has 3 nitrogen and oxygen atoms in total. The lowest BCUT2D eigenvalue weighted by atomic mass is 10.0. The SMILES string of the molecule is CC1(CNC2CCCOCC2)CCCO1. The summed E-state index contributed by atoms with van der Waals surface area (Å²) >= 11 is 0. The summed E-state index contributed by atoms with van der Waals surface area (Å²) in [7, 11) is 0. The minimum absolute atomic E-state index is 0.0904. The molecule has 0 radical (unpaired) electrons. The zero-order valence-corrected chi connectivity index (χ0v) is 9.76. The molecule has 0 aliphatic carbocycles. The maximum absolute atomic E-state index is 5.77. The Labute approximate surface area is 92.5 Å². The minimum Gasteiger partial charge on any atom is -0.381 e. The van der Waals surface area contributed by atoms with Gasteiger partial charge in [0.1, 0.15) is 0 Å². The third kappa shape index (κ3) is 3.44. The molecule has 0 aromatic carbocycles. The van der Waals surface area contributed by atoms with E-state index in [9.17, 15) is 0 Å². The van der Waals surface area contributed by atoms with Crippen molar-refractivity contribution in [2.24, 2.45) is 0 Å². The van der Waals surface area contributed by atoms with Gasteiger partial charge < -0.3 is 14.8 Å². The van der Waals surface area contributed by atoms with Gasteiger partial charge in [0.05, 0.1) is 5.60 Å². The number of hydrogen-bond acceptors (Lipinski definition) is 3. The molecule has 0 aromatic rings. The maximum Gasteiger partial charge on any atom is 0.0779 e. The molecular formula is C12H23NO2. The molecule has 2 atom stereocenters. The number of hydrogen-bond donors (Lipinski definition) is 1. The first kappa shape index (κ1) is 11.4. The lowest BCUT2D eigenvalue weighted by Crippen LogP contribution is -2.42. The Morgan fingerprint density at radius 3 is 2.93 bits per heavy atom. The van der Waals surface area contributed by atoms with Crippen molar-refractivity contribution in [1.29, 1.82) is 0 Å². The van der Waals surface area contributed by atoms with Crippen molar-refractivity contribution in [1.82, 2.24) is 5.32 Å². The van der Waals surface area contributed by atoms with E-state index in [0.29, 0.717) is 6.04 Å². The van der Waals surface area contributed by atoms with Crippen LogP contribution in [0, 0.1) is 0 Å². The van der Waals surface area contributed by atoms with Crippen LogP contribution in [-0.4, -0.2) is 38.0 Å². The standard InChI is InChI=1S/C12H23NO2/c1-12(6-3-8-15-12)10-13-11-4-2-7-14-9-5-11/h11,13H,2-10H2,1H3. The van der Waals surface area contributed by atoms with Crippen LogP contribution in [0.15, 0.2) is 0 Å². The van der Waals surface area contributed by atoms with E-state index in [0.717, 1.165) is 32.8 Å². The third-order valence-corrected chi connectivity index (χ3v) is 3.52. The molecule has 2 saturated heterocycles. The molecule has 2 rings (SSSR count). The lowest BCUT2D eigenvalue weighted by Gasteiger charge is -2.26. The zero-order chi connectivity index (χ0) is 10.6. The van der Waals surface area contributed by atoms with Crippen LogP contribution in [0.25, 0.3) is 0 Å². The molecule has 2 unspecified atom stereocenters. The fourth-order valence-corrected chi connectivity index (χ4v) is 2.44. The molecule has 0 bridgehead atoms. The molecule has 3 heteroatoms. The zero-order valence-electron chi connectivity index (χ0n) is 9.76. The first-order valence-corrected chi connectivity index (χ1v) is 6.24. The second kappa shape index (κ2) is 5.28. The summed E-state index contributed by atoms with van der Waals surface area (Å²) < 4.78 is 11.2. The highest BCUT2D eigenvalue weighted by Crippen LogP contribution is 2.24. The van der Waals surface area contributed by atoms with Gasteiger partial charge in [-0.3, -0.25) is 0 Å². The second-order valence-electron chi connectivity index (χ2n) is 5.02. The van der Waals surface area contributed by atoms with E-state index in [4.69, 9.17) is 9.47 Å². The normalized spacial score (nSPS) is 37.8. The van der Waals surface area contributed by atoms with Crippen LogP contribution in [0.1, 0.15) is 39.0 Å². The first-order chi connectivity index (χ1) is 7.29. The summed E-state index contributed by atoms with van der Waals surface area (Å²) in [5.41, 5.74) is 0.0904. The van der Waals surface area contributed by atoms with Crippen LogP contribution in [0.5, 0.6) is 0 Å². The van der Waals surface area contributed by atoms with E-state index >= 15 is 0 Å². The van der Waals surface area contributed by atoms with E-state index in [-0.39, 0.29) is 5.60 Å². The minimum atomic E-state index is 0.0904. The molecule has 0 saturated carbocycles. The summed E-state index contributed by atoms with van der Waals surface area (Å²) in [4.78, 5) is 0. The molecule has 2 heterocycles. The molecule has 0 spiro atoms. The largest absolute Gasteiger partial charge is 0.381 e. The van der Waals surface area contributed by atoms with Gasteiger partial charge in [0.2, 0.25) is 0 Å². The van der Waals surface area contributed by atoms with Crippen molar-refractivity contribution in [2.45, 2.75) is 50.7 Å². The van der Waals surface area contributed by atoms with Crippen LogP contribution in [0.4, 0.5) is 0 Å². The maximum atomic E-state index is 5.77. The van der Waals surface area contributed by atoms with Gasteiger partial charge in [0.25, 0.3) is 0 Å². The van der Waals surface area contributed by atoms with Gasteiger partial charge in [-0.05, 0) is 39.0 Å². The fourth-order valence-electron chi connectivity index (χ4n) is 2.44. The third-order valence-electron chi connectivity index (χ3n) is 3.52. The second-order valence-corrected chi connectivity index (χ2v) is 5.02. The predicted octanol–water partition coefficient (Wildman–Crippen LogP) is 1.71. The van der Waals surface area contributed by atoms with E-state index in [2.05, 4.69) is 12.2 Å². The fraction of sp³-hybridized carbons (Fsp3) is 1.00. The summed E-state index contributed by atoms with van der Waals surface area (Å²) in [5, 5.41) is 3.64. The van der Waals surface area contributed by atoms with Gasteiger partial charge >= 0.3 is 0 Å². The monoisotopic (exact) mass is 213 g/mol. The molecule has 2 aliphatic rings. The quantitative estimate of drug-likeness (QED) is 0.774. The summed E-state index contributed by atoms with van der Waals surface area (Å²) in [6.45, 7) is 6.00. The smallest absolute Gasteiger partial charge is 0.0779 e. The molecule has 0 amide bonds. The summed E-state index contributed by atoms with van der Waals surface area (Å²) in [5.74, 6) is 0. The average Bonchev–Trinajstić information content (AvgIpc) is 2.53. The van der Waals surface area contributed by atoms with E-state index in [1.165, 1.54) is 25.7 Å². The van der Waals surface area contributed by atoms with Crippen molar-refractivity contribution in [3.05, 3.63) is 0 Å². The molecule has 88 valence electrons. The summed E-state index contributed by atoms with van der Waals surface area (Å²) in [6, 6.07) is 0.633. The van der Waals surface area contributed by atoms with Crippen LogP contribution >= 0.6 is 0 Å². The van der Waals surface area contributed by atoms with Crippen LogP contribution in [0.2, 0.25) is 0 Å². The Bertz CT molecular complexity index is 182. The predicted molar refractivity (Wildman–Crippen MR) is 60.1 cm³/mol. The lowest BCUT2D eigenvalue weighted by molar-refractivity contribution is 0.0182. The number of rotatable bonds is 3. The van der Waals surface area contributed by atoms with E-state index < -0.39 is 0 Å². The molecule has 2 aliphatic heterocycles. The van der Waals surface area contributed by atoms with Crippen molar-refractivity contribution in [2.75, 3.05) is 26.4 Å². The van der Waals surface area contributed by atoms with E-state index in [1.807, 2.05) is 0 Å². The van der Waals surface area contributed by atoms with Crippen molar-refractivity contribution < 1.29 is 9.47 Å². The Hall–Kier alpha value is -0.120. The van der Waals surface area contributed by atoms with Crippen LogP contribution < -0.4 is 5.32 Å². The van der Waals surface area contributed by atoms with Gasteiger partial charge in [0.15, 0.2) is 0 Å². The van der Waals surface area contributed by atoms with Crippen molar-refractivity contribution in [3.8, 4) is 0 Å². The van der Waals surface area contributed by atoms with Crippen molar-refractivity contribution >= 4 is 0 Å². The van der Waals surface area contributed by atoms with E-state index in [1.54, 1.807) is 0 Å². The molecule has 2 fully saturated rings. The highest BCUT2D eigenvalue weighted by Gasteiger charge is 2.30. The molecular weight excluding hydrogens is 190 g/mol. The van der Waals surface area contributed by atoms with Gasteiger partial charge in [-0.25, -0.2) is 0 Å². The number of nitrogens with one attached hydrogen (secondary N) is 1. The first-order valence-electron chi connectivity index (χ1n) is 6.24. The van der Waals surface area contributed by atoms with Gasteiger partial charge in [0, 0.05) is 32.4 Å². The Balaban J connectivity index is 1.71. The average molecular weight is 213 g/mol. The van der Waals surface area contributed by atoms with Crippen molar-refractivity contribution in [3.63, 3.8) is 0 Å². The Morgan fingerprint density at radius 1 is 1.20 bits per heavy atom. The van der Waals surface area contributed by atoms with Crippen LogP contribution in [0.3, 0.4) is 0 Å². The van der Waals surface area contributed by atoms with Gasteiger partial charge in [-0.2, -0.15) is 0 Å². The highest BCUT2D eigenvalue weighted by atomic mass is 16.5.